The van der Waals surface area contributed by atoms with E-state index in [-0.39, 0.29) is 5.56 Å². The first kappa shape index (κ1) is 17.9. The summed E-state index contributed by atoms with van der Waals surface area (Å²) in [6.45, 7) is 4.26. The molecule has 3 aromatic heterocycles. The smallest absolute Gasteiger partial charge is 0.267 e. The standard InChI is InChI=1S/C18H18N6OS2/c1-11(2)8-14-23-24-15(25)9-13(19-18(24)27-14)10-26-17-20-16(21-22-17)12-6-4-3-5-7-12/h3-7,9,11H,8,10H2,1-2H3,(H,20,21,22). The van der Waals surface area contributed by atoms with Crippen molar-refractivity contribution in [2.75, 3.05) is 0 Å². The van der Waals surface area contributed by atoms with E-state index < -0.39 is 0 Å². The van der Waals surface area contributed by atoms with Gasteiger partial charge in [-0.25, -0.2) is 9.97 Å². The first-order valence-electron chi connectivity index (χ1n) is 8.58. The average molecular weight is 399 g/mol. The third kappa shape index (κ3) is 4.09. The number of nitrogens with zero attached hydrogens (tertiary/aromatic N) is 5. The van der Waals surface area contributed by atoms with Crippen LogP contribution in [0.2, 0.25) is 0 Å². The summed E-state index contributed by atoms with van der Waals surface area (Å²) >= 11 is 2.91. The van der Waals surface area contributed by atoms with E-state index in [4.69, 9.17) is 0 Å². The Morgan fingerprint density at radius 1 is 1.22 bits per heavy atom. The van der Waals surface area contributed by atoms with Gasteiger partial charge < -0.3 is 0 Å². The van der Waals surface area contributed by atoms with Crippen molar-refractivity contribution >= 4 is 28.1 Å². The van der Waals surface area contributed by atoms with Gasteiger partial charge >= 0.3 is 0 Å². The third-order valence-corrected chi connectivity index (χ3v) is 5.60. The van der Waals surface area contributed by atoms with Crippen molar-refractivity contribution in [3.05, 3.63) is 57.5 Å². The number of benzene rings is 1. The minimum Gasteiger partial charge on any atom is -0.267 e. The van der Waals surface area contributed by atoms with Gasteiger partial charge in [-0.05, 0) is 5.92 Å². The van der Waals surface area contributed by atoms with Crippen molar-refractivity contribution < 1.29 is 0 Å². The van der Waals surface area contributed by atoms with Crippen LogP contribution < -0.4 is 5.56 Å². The van der Waals surface area contributed by atoms with E-state index in [0.29, 0.717) is 27.5 Å². The second-order valence-corrected chi connectivity index (χ2v) is 8.48. The molecule has 0 bridgehead atoms. The van der Waals surface area contributed by atoms with Gasteiger partial charge in [-0.2, -0.15) is 9.61 Å². The van der Waals surface area contributed by atoms with Crippen molar-refractivity contribution in [2.24, 2.45) is 5.92 Å². The lowest BCUT2D eigenvalue weighted by molar-refractivity contribution is 0.635. The van der Waals surface area contributed by atoms with Gasteiger partial charge in [0, 0.05) is 23.8 Å². The Kier molecular flexibility index (Phi) is 5.04. The molecule has 4 aromatic rings. The summed E-state index contributed by atoms with van der Waals surface area (Å²) < 4.78 is 1.39. The summed E-state index contributed by atoms with van der Waals surface area (Å²) in [5, 5.41) is 13.1. The van der Waals surface area contributed by atoms with Gasteiger partial charge in [0.2, 0.25) is 10.1 Å². The lowest BCUT2D eigenvalue weighted by Crippen LogP contribution is -2.15. The fourth-order valence-corrected chi connectivity index (χ4v) is 4.40. The molecular weight excluding hydrogens is 380 g/mol. The molecule has 0 aliphatic rings. The van der Waals surface area contributed by atoms with Crippen molar-refractivity contribution in [3.8, 4) is 11.4 Å². The van der Waals surface area contributed by atoms with Gasteiger partial charge in [-0.1, -0.05) is 67.3 Å². The number of aromatic amines is 1. The summed E-state index contributed by atoms with van der Waals surface area (Å²) in [5.74, 6) is 1.73. The van der Waals surface area contributed by atoms with E-state index in [1.54, 1.807) is 0 Å². The Bertz CT molecular complexity index is 1120. The molecule has 1 N–H and O–H groups in total. The minimum atomic E-state index is -0.151. The van der Waals surface area contributed by atoms with Crippen LogP contribution in [-0.4, -0.2) is 29.8 Å². The molecule has 4 rings (SSSR count). The molecule has 0 amide bonds. The number of thioether (sulfide) groups is 1. The van der Waals surface area contributed by atoms with Gasteiger partial charge in [0.1, 0.15) is 5.01 Å². The molecule has 9 heteroatoms. The molecule has 7 nitrogen and oxygen atoms in total. The number of rotatable bonds is 6. The minimum absolute atomic E-state index is 0.151. The normalized spacial score (nSPS) is 11.5. The molecule has 1 aromatic carbocycles. The van der Waals surface area contributed by atoms with E-state index in [0.717, 1.165) is 22.8 Å². The molecule has 0 aliphatic heterocycles. The summed E-state index contributed by atoms with van der Waals surface area (Å²) in [6, 6.07) is 11.4. The average Bonchev–Trinajstić information content (AvgIpc) is 3.27. The third-order valence-electron chi connectivity index (χ3n) is 3.78. The van der Waals surface area contributed by atoms with Crippen LogP contribution in [0.3, 0.4) is 0 Å². The highest BCUT2D eigenvalue weighted by Gasteiger charge is 2.12. The number of hydrogen-bond donors (Lipinski definition) is 1. The summed E-state index contributed by atoms with van der Waals surface area (Å²) in [6.07, 6.45) is 0.844. The van der Waals surface area contributed by atoms with Crippen LogP contribution in [0.4, 0.5) is 0 Å². The van der Waals surface area contributed by atoms with Crippen molar-refractivity contribution in [1.82, 2.24) is 29.8 Å². The molecule has 0 radical (unpaired) electrons. The Labute approximate surface area is 163 Å². The molecule has 0 saturated carbocycles. The van der Waals surface area contributed by atoms with Crippen LogP contribution in [0.15, 0.2) is 46.3 Å². The van der Waals surface area contributed by atoms with Gasteiger partial charge in [-0.15, -0.1) is 5.10 Å². The van der Waals surface area contributed by atoms with E-state index in [1.807, 2.05) is 30.3 Å². The van der Waals surface area contributed by atoms with E-state index >= 15 is 0 Å². The van der Waals surface area contributed by atoms with Crippen LogP contribution in [0.25, 0.3) is 16.3 Å². The number of nitrogens with one attached hydrogen (secondary N) is 1. The zero-order valence-corrected chi connectivity index (χ0v) is 16.5. The Balaban J connectivity index is 1.50. The summed E-state index contributed by atoms with van der Waals surface area (Å²) in [7, 11) is 0. The van der Waals surface area contributed by atoms with Gasteiger partial charge in [0.15, 0.2) is 5.82 Å². The Morgan fingerprint density at radius 3 is 2.81 bits per heavy atom. The lowest BCUT2D eigenvalue weighted by Gasteiger charge is -1.97. The van der Waals surface area contributed by atoms with Crippen LogP contribution in [-0.2, 0) is 12.2 Å². The maximum Gasteiger partial charge on any atom is 0.275 e. The molecule has 138 valence electrons. The van der Waals surface area contributed by atoms with Crippen LogP contribution in [0, 0.1) is 5.92 Å². The molecule has 0 aliphatic carbocycles. The van der Waals surface area contributed by atoms with Crippen molar-refractivity contribution in [2.45, 2.75) is 31.2 Å². The molecule has 27 heavy (non-hydrogen) atoms. The molecule has 0 atom stereocenters. The first-order chi connectivity index (χ1) is 13.1. The van der Waals surface area contributed by atoms with Crippen LogP contribution in [0.1, 0.15) is 24.5 Å². The van der Waals surface area contributed by atoms with Crippen molar-refractivity contribution in [3.63, 3.8) is 0 Å². The summed E-state index contributed by atoms with van der Waals surface area (Å²) in [4.78, 5) is 22.0. The maximum absolute atomic E-state index is 12.3. The highest BCUT2D eigenvalue weighted by atomic mass is 32.2. The first-order valence-corrected chi connectivity index (χ1v) is 10.4. The monoisotopic (exact) mass is 398 g/mol. The van der Waals surface area contributed by atoms with E-state index in [1.165, 1.54) is 33.7 Å². The maximum atomic E-state index is 12.3. The second-order valence-electron chi connectivity index (χ2n) is 6.50. The highest BCUT2D eigenvalue weighted by molar-refractivity contribution is 7.98. The van der Waals surface area contributed by atoms with Gasteiger partial charge in [0.05, 0.1) is 5.69 Å². The van der Waals surface area contributed by atoms with Crippen LogP contribution >= 0.6 is 23.1 Å². The fraction of sp³-hybridized carbons (Fsp3) is 0.278. The topological polar surface area (TPSA) is 88.8 Å². The quantitative estimate of drug-likeness (QED) is 0.501. The molecule has 3 heterocycles. The largest absolute Gasteiger partial charge is 0.275 e. The predicted octanol–water partition coefficient (Wildman–Crippen LogP) is 3.43. The molecular formula is C18H18N6OS2. The van der Waals surface area contributed by atoms with Crippen molar-refractivity contribution in [1.29, 1.82) is 0 Å². The number of aromatic nitrogens is 6. The molecule has 0 fully saturated rings. The SMILES string of the molecule is CC(C)Cc1nn2c(=O)cc(CSc3n[nH]c(-c4ccccc4)n3)nc2s1. The molecule has 0 unspecified atom stereocenters. The molecule has 0 saturated heterocycles. The Hall–Kier alpha value is -2.52. The zero-order chi connectivity index (χ0) is 18.8. The van der Waals surface area contributed by atoms with Gasteiger partial charge in [0.25, 0.3) is 5.56 Å². The second kappa shape index (κ2) is 7.61. The Morgan fingerprint density at radius 2 is 2.04 bits per heavy atom. The lowest BCUT2D eigenvalue weighted by atomic mass is 10.1. The predicted molar refractivity (Wildman–Crippen MR) is 107 cm³/mol. The zero-order valence-electron chi connectivity index (χ0n) is 14.9. The van der Waals surface area contributed by atoms with E-state index in [2.05, 4.69) is 39.1 Å². The number of fused-ring (bicyclic) bond motifs is 1. The summed E-state index contributed by atoms with van der Waals surface area (Å²) in [5.41, 5.74) is 1.54. The van der Waals surface area contributed by atoms with E-state index in [9.17, 15) is 4.79 Å². The fourth-order valence-electron chi connectivity index (χ4n) is 2.58. The van der Waals surface area contributed by atoms with Gasteiger partial charge in [-0.3, -0.25) is 9.89 Å². The van der Waals surface area contributed by atoms with Crippen LogP contribution in [0.5, 0.6) is 0 Å². The number of H-pyrrole nitrogens is 1. The highest BCUT2D eigenvalue weighted by Crippen LogP contribution is 2.22. The number of hydrogen-bond acceptors (Lipinski definition) is 7. The molecule has 0 spiro atoms.